The van der Waals surface area contributed by atoms with Crippen molar-refractivity contribution in [3.63, 3.8) is 0 Å². The van der Waals surface area contributed by atoms with Gasteiger partial charge in [0.25, 0.3) is 8.32 Å². The fourth-order valence-corrected chi connectivity index (χ4v) is 7.96. The number of rotatable bonds is 6. The SMILES string of the molecule is Cc1ccc(-c2ccc(-c3ccc(C)cc3)c3nc(-c4ccc5ccccc5c4-c4c(O[Si](C)(C)C(C)(C)C)ccc5ccccc45)cnc23)cc1. The Morgan fingerprint density at radius 3 is 1.60 bits per heavy atom. The third-order valence-electron chi connectivity index (χ3n) is 10.9. The molecule has 0 radical (unpaired) electrons. The summed E-state index contributed by atoms with van der Waals surface area (Å²) >= 11 is 0. The van der Waals surface area contributed by atoms with Gasteiger partial charge in [-0.25, -0.2) is 4.98 Å². The average molecular weight is 693 g/mol. The van der Waals surface area contributed by atoms with Crippen LogP contribution in [-0.2, 0) is 0 Å². The van der Waals surface area contributed by atoms with Gasteiger partial charge in [0.15, 0.2) is 0 Å². The Balaban J connectivity index is 1.44. The number of aryl methyl sites for hydroxylation is 2. The van der Waals surface area contributed by atoms with Crippen LogP contribution in [0.5, 0.6) is 5.75 Å². The minimum absolute atomic E-state index is 0.0306. The average Bonchev–Trinajstić information content (AvgIpc) is 3.14. The molecule has 8 rings (SSSR count). The molecule has 0 saturated heterocycles. The molecular formula is C48H44N2OSi. The van der Waals surface area contributed by atoms with Crippen LogP contribution in [0, 0.1) is 13.8 Å². The van der Waals surface area contributed by atoms with Gasteiger partial charge in [0.05, 0.1) is 22.9 Å². The van der Waals surface area contributed by atoms with E-state index in [1.165, 1.54) is 21.9 Å². The Morgan fingerprint density at radius 1 is 0.519 bits per heavy atom. The van der Waals surface area contributed by atoms with Crippen molar-refractivity contribution in [1.82, 2.24) is 9.97 Å². The molecule has 4 heteroatoms. The van der Waals surface area contributed by atoms with Gasteiger partial charge in [-0.15, -0.1) is 0 Å². The molecule has 3 nitrogen and oxygen atoms in total. The molecule has 0 saturated carbocycles. The third kappa shape index (κ3) is 5.97. The molecule has 1 aromatic heterocycles. The highest BCUT2D eigenvalue weighted by Crippen LogP contribution is 2.48. The van der Waals surface area contributed by atoms with E-state index in [1.807, 2.05) is 6.20 Å². The van der Waals surface area contributed by atoms with E-state index in [9.17, 15) is 0 Å². The van der Waals surface area contributed by atoms with Crippen LogP contribution >= 0.6 is 0 Å². The van der Waals surface area contributed by atoms with Crippen LogP contribution in [0.15, 0.2) is 140 Å². The Morgan fingerprint density at radius 2 is 1.02 bits per heavy atom. The zero-order valence-corrected chi connectivity index (χ0v) is 32.1. The van der Waals surface area contributed by atoms with Gasteiger partial charge in [0.1, 0.15) is 5.75 Å². The van der Waals surface area contributed by atoms with Crippen molar-refractivity contribution in [1.29, 1.82) is 0 Å². The molecule has 0 atom stereocenters. The molecule has 7 aromatic carbocycles. The van der Waals surface area contributed by atoms with Crippen LogP contribution in [0.3, 0.4) is 0 Å². The van der Waals surface area contributed by atoms with Crippen LogP contribution in [0.1, 0.15) is 31.9 Å². The largest absolute Gasteiger partial charge is 0.543 e. The Hall–Kier alpha value is -5.58. The van der Waals surface area contributed by atoms with Crippen molar-refractivity contribution < 1.29 is 4.43 Å². The Labute approximate surface area is 308 Å². The highest BCUT2D eigenvalue weighted by molar-refractivity contribution is 6.74. The summed E-state index contributed by atoms with van der Waals surface area (Å²) in [5, 5.41) is 4.69. The topological polar surface area (TPSA) is 35.0 Å². The van der Waals surface area contributed by atoms with Crippen LogP contribution in [0.2, 0.25) is 18.1 Å². The van der Waals surface area contributed by atoms with Crippen LogP contribution in [-0.4, -0.2) is 18.3 Å². The molecule has 0 amide bonds. The zero-order valence-electron chi connectivity index (χ0n) is 31.1. The lowest BCUT2D eigenvalue weighted by molar-refractivity contribution is 0.494. The second-order valence-electron chi connectivity index (χ2n) is 15.6. The van der Waals surface area contributed by atoms with Gasteiger partial charge < -0.3 is 4.43 Å². The van der Waals surface area contributed by atoms with Crippen molar-refractivity contribution in [2.45, 2.75) is 52.8 Å². The first-order chi connectivity index (χ1) is 25.0. The molecule has 1 heterocycles. The van der Waals surface area contributed by atoms with E-state index < -0.39 is 8.32 Å². The summed E-state index contributed by atoms with van der Waals surface area (Å²) in [6.45, 7) is 15.8. The second kappa shape index (κ2) is 12.9. The van der Waals surface area contributed by atoms with Gasteiger partial charge in [-0.05, 0) is 70.7 Å². The number of fused-ring (bicyclic) bond motifs is 3. The van der Waals surface area contributed by atoms with Gasteiger partial charge in [0.2, 0.25) is 0 Å². The third-order valence-corrected chi connectivity index (χ3v) is 15.3. The van der Waals surface area contributed by atoms with Gasteiger partial charge in [0, 0.05) is 27.8 Å². The van der Waals surface area contributed by atoms with E-state index >= 15 is 0 Å². The molecule has 256 valence electrons. The highest BCUT2D eigenvalue weighted by Gasteiger charge is 2.39. The van der Waals surface area contributed by atoms with E-state index in [4.69, 9.17) is 14.4 Å². The predicted octanol–water partition coefficient (Wildman–Crippen LogP) is 13.6. The molecule has 0 N–H and O–H groups in total. The highest BCUT2D eigenvalue weighted by atomic mass is 28.4. The summed E-state index contributed by atoms with van der Waals surface area (Å²) in [5.74, 6) is 0.915. The summed E-state index contributed by atoms with van der Waals surface area (Å²) < 4.78 is 7.23. The summed E-state index contributed by atoms with van der Waals surface area (Å²) in [4.78, 5) is 10.8. The lowest BCUT2D eigenvalue weighted by Crippen LogP contribution is -2.44. The van der Waals surface area contributed by atoms with Crippen molar-refractivity contribution in [2.24, 2.45) is 0 Å². The quantitative estimate of drug-likeness (QED) is 0.163. The molecule has 0 aliphatic carbocycles. The number of nitrogens with zero attached hydrogens (tertiary/aromatic N) is 2. The standard InChI is InChI=1S/C48H44N2OSi/c1-31-16-20-35(21-17-31)39-27-28-40(36-22-18-32(2)19-23-36)47-46(39)49-30-42(50-47)41-26-24-33-12-8-10-14-37(33)44(41)45-38-15-11-9-13-34(38)25-29-43(45)51-52(6,7)48(3,4)5/h8-30H,1-7H3. The number of benzene rings is 7. The maximum Gasteiger partial charge on any atom is 0.250 e. The van der Waals surface area contributed by atoms with E-state index in [0.29, 0.717) is 0 Å². The summed E-state index contributed by atoms with van der Waals surface area (Å²) in [6, 6.07) is 47.9. The molecule has 0 aliphatic heterocycles. The van der Waals surface area contributed by atoms with Crippen molar-refractivity contribution >= 4 is 40.9 Å². The molecule has 0 unspecified atom stereocenters. The first-order valence-corrected chi connectivity index (χ1v) is 21.1. The minimum Gasteiger partial charge on any atom is -0.543 e. The number of hydrogen-bond acceptors (Lipinski definition) is 3. The summed E-state index contributed by atoms with van der Waals surface area (Å²) in [7, 11) is -2.22. The summed E-state index contributed by atoms with van der Waals surface area (Å²) in [6.07, 6.45) is 1.96. The zero-order chi connectivity index (χ0) is 36.2. The molecule has 0 bridgehead atoms. The van der Waals surface area contributed by atoms with E-state index in [0.717, 1.165) is 72.2 Å². The maximum atomic E-state index is 7.23. The van der Waals surface area contributed by atoms with Gasteiger partial charge in [-0.1, -0.05) is 159 Å². The van der Waals surface area contributed by atoms with Crippen LogP contribution in [0.4, 0.5) is 0 Å². The lowest BCUT2D eigenvalue weighted by Gasteiger charge is -2.37. The predicted molar refractivity (Wildman–Crippen MR) is 224 cm³/mol. The Bertz CT molecular complexity index is 2620. The van der Waals surface area contributed by atoms with Crippen LogP contribution < -0.4 is 4.43 Å². The fourth-order valence-electron chi connectivity index (χ4n) is 6.94. The fraction of sp³-hybridized carbons (Fsp3) is 0.167. The maximum absolute atomic E-state index is 7.23. The monoisotopic (exact) mass is 692 g/mol. The Kier molecular flexibility index (Phi) is 8.31. The summed E-state index contributed by atoms with van der Waals surface area (Å²) in [5.41, 5.74) is 12.7. The molecule has 52 heavy (non-hydrogen) atoms. The molecule has 0 fully saturated rings. The molecule has 0 aliphatic rings. The van der Waals surface area contributed by atoms with Crippen LogP contribution in [0.25, 0.3) is 77.2 Å². The van der Waals surface area contributed by atoms with Gasteiger partial charge in [-0.3, -0.25) is 4.98 Å². The van der Waals surface area contributed by atoms with Gasteiger partial charge >= 0.3 is 0 Å². The normalized spacial score (nSPS) is 12.1. The van der Waals surface area contributed by atoms with Crippen molar-refractivity contribution in [3.8, 4) is 50.4 Å². The number of aromatic nitrogens is 2. The molecule has 8 aromatic rings. The van der Waals surface area contributed by atoms with E-state index in [2.05, 4.69) is 181 Å². The first kappa shape index (κ1) is 33.6. The van der Waals surface area contributed by atoms with Gasteiger partial charge in [-0.2, -0.15) is 0 Å². The molecular weight excluding hydrogens is 649 g/mol. The van der Waals surface area contributed by atoms with Crippen molar-refractivity contribution in [3.05, 3.63) is 151 Å². The molecule has 0 spiro atoms. The first-order valence-electron chi connectivity index (χ1n) is 18.2. The van der Waals surface area contributed by atoms with E-state index in [-0.39, 0.29) is 5.04 Å². The lowest BCUT2D eigenvalue weighted by atomic mass is 9.88. The minimum atomic E-state index is -2.22. The van der Waals surface area contributed by atoms with E-state index in [1.54, 1.807) is 0 Å². The smallest absolute Gasteiger partial charge is 0.250 e. The van der Waals surface area contributed by atoms with Crippen molar-refractivity contribution in [2.75, 3.05) is 0 Å². The number of hydrogen-bond donors (Lipinski definition) is 0. The second-order valence-corrected chi connectivity index (χ2v) is 20.3.